The Morgan fingerprint density at radius 1 is 1.00 bits per heavy atom. The van der Waals surface area contributed by atoms with E-state index in [9.17, 15) is 13.2 Å². The summed E-state index contributed by atoms with van der Waals surface area (Å²) in [4.78, 5) is 16.6. The summed E-state index contributed by atoms with van der Waals surface area (Å²) < 4.78 is 25.6. The number of aryl methyl sites for hydroxylation is 2. The number of aromatic nitrogens is 1. The highest BCUT2D eigenvalue weighted by Crippen LogP contribution is 2.31. The quantitative estimate of drug-likeness (QED) is 0.523. The van der Waals surface area contributed by atoms with E-state index in [1.54, 1.807) is 24.3 Å². The molecule has 0 aliphatic carbocycles. The zero-order chi connectivity index (χ0) is 22.6. The minimum atomic E-state index is -3.84. The summed E-state index contributed by atoms with van der Waals surface area (Å²) in [5, 5.41) is 2.93. The van der Waals surface area contributed by atoms with Crippen LogP contribution in [0, 0.1) is 13.8 Å². The van der Waals surface area contributed by atoms with Gasteiger partial charge in [-0.3, -0.25) is 4.79 Å². The number of amides is 1. The molecule has 3 aromatic rings. The Morgan fingerprint density at radius 3 is 2.35 bits per heavy atom. The normalized spacial score (nSPS) is 11.4. The van der Waals surface area contributed by atoms with Crippen molar-refractivity contribution in [3.8, 4) is 0 Å². The van der Waals surface area contributed by atoms with Crippen LogP contribution in [0.25, 0.3) is 0 Å². The highest BCUT2D eigenvalue weighted by atomic mass is 35.5. The first-order valence-corrected chi connectivity index (χ1v) is 12.1. The van der Waals surface area contributed by atoms with Crippen LogP contribution in [0.4, 0.5) is 0 Å². The molecular formula is C23H22Cl2N2O3S. The Kier molecular flexibility index (Phi) is 7.36. The number of pyridine rings is 1. The first kappa shape index (κ1) is 23.3. The topological polar surface area (TPSA) is 76.1 Å². The summed E-state index contributed by atoms with van der Waals surface area (Å²) in [6.07, 6.45) is 0.691. The number of carbonyl (C=O) groups excluding carboxylic acids is 1. The smallest absolute Gasteiger partial charge is 0.269 e. The van der Waals surface area contributed by atoms with Crippen molar-refractivity contribution in [2.45, 2.75) is 30.9 Å². The van der Waals surface area contributed by atoms with Crippen molar-refractivity contribution in [1.82, 2.24) is 10.3 Å². The number of nitrogens with one attached hydrogen (secondary N) is 1. The van der Waals surface area contributed by atoms with E-state index in [0.29, 0.717) is 13.0 Å². The molecule has 1 N–H and O–H groups in total. The average Bonchev–Trinajstić information content (AvgIpc) is 2.69. The molecule has 0 radical (unpaired) electrons. The van der Waals surface area contributed by atoms with E-state index < -0.39 is 15.6 Å². The molecule has 0 bridgehead atoms. The third kappa shape index (κ3) is 5.85. The van der Waals surface area contributed by atoms with E-state index in [2.05, 4.69) is 22.4 Å². The summed E-state index contributed by atoms with van der Waals surface area (Å²) in [5.74, 6) is -0.778. The van der Waals surface area contributed by atoms with Crippen molar-refractivity contribution >= 4 is 38.9 Å². The highest BCUT2D eigenvalue weighted by molar-refractivity contribution is 7.90. The van der Waals surface area contributed by atoms with Crippen LogP contribution in [0.3, 0.4) is 0 Å². The monoisotopic (exact) mass is 476 g/mol. The van der Waals surface area contributed by atoms with Crippen molar-refractivity contribution in [2.75, 3.05) is 6.54 Å². The van der Waals surface area contributed by atoms with Gasteiger partial charge in [0.15, 0.2) is 9.84 Å². The fourth-order valence-electron chi connectivity index (χ4n) is 3.26. The van der Waals surface area contributed by atoms with Crippen LogP contribution < -0.4 is 5.32 Å². The van der Waals surface area contributed by atoms with Crippen LogP contribution >= 0.6 is 23.2 Å². The van der Waals surface area contributed by atoms with Gasteiger partial charge in [-0.25, -0.2) is 13.4 Å². The summed E-state index contributed by atoms with van der Waals surface area (Å²) in [6, 6.07) is 15.4. The molecular weight excluding hydrogens is 455 g/mol. The standard InChI is InChI=1S/C23H22Cl2N2O3S/c1-15-9-10-17(16(2)13-15)11-12-26-23(28)21-8-3-5-18(27-21)14-31(29,30)22-19(24)6-4-7-20(22)25/h3-10,13H,11-12,14H2,1-2H3,(H,26,28). The van der Waals surface area contributed by atoms with E-state index in [-0.39, 0.29) is 32.2 Å². The van der Waals surface area contributed by atoms with E-state index in [4.69, 9.17) is 23.2 Å². The Balaban J connectivity index is 1.69. The van der Waals surface area contributed by atoms with Gasteiger partial charge in [0, 0.05) is 6.54 Å². The van der Waals surface area contributed by atoms with Crippen molar-refractivity contribution in [3.05, 3.63) is 92.7 Å². The number of sulfone groups is 1. The molecule has 0 aliphatic heterocycles. The summed E-state index contributed by atoms with van der Waals surface area (Å²) in [5.41, 5.74) is 3.92. The number of nitrogens with zero attached hydrogens (tertiary/aromatic N) is 1. The Morgan fingerprint density at radius 2 is 1.68 bits per heavy atom. The lowest BCUT2D eigenvalue weighted by Crippen LogP contribution is -2.27. The van der Waals surface area contributed by atoms with Crippen molar-refractivity contribution < 1.29 is 13.2 Å². The van der Waals surface area contributed by atoms with Gasteiger partial charge in [0.05, 0.1) is 21.5 Å². The van der Waals surface area contributed by atoms with Gasteiger partial charge in [-0.05, 0) is 55.7 Å². The van der Waals surface area contributed by atoms with Gasteiger partial charge in [-0.15, -0.1) is 0 Å². The van der Waals surface area contributed by atoms with E-state index in [0.717, 1.165) is 5.56 Å². The van der Waals surface area contributed by atoms with E-state index >= 15 is 0 Å². The van der Waals surface area contributed by atoms with Gasteiger partial charge in [-0.1, -0.05) is 59.1 Å². The van der Waals surface area contributed by atoms with Gasteiger partial charge >= 0.3 is 0 Å². The van der Waals surface area contributed by atoms with Crippen molar-refractivity contribution in [1.29, 1.82) is 0 Å². The van der Waals surface area contributed by atoms with Crippen molar-refractivity contribution in [3.63, 3.8) is 0 Å². The molecule has 1 aromatic heterocycles. The average molecular weight is 477 g/mol. The SMILES string of the molecule is Cc1ccc(CCNC(=O)c2cccc(CS(=O)(=O)c3c(Cl)cccc3Cl)n2)c(C)c1. The van der Waals surface area contributed by atoms with Crippen LogP contribution in [0.1, 0.15) is 32.9 Å². The molecule has 3 rings (SSSR count). The van der Waals surface area contributed by atoms with Gasteiger partial charge in [-0.2, -0.15) is 0 Å². The first-order valence-electron chi connectivity index (χ1n) is 9.64. The molecule has 0 saturated carbocycles. The maximum Gasteiger partial charge on any atom is 0.269 e. The number of rotatable bonds is 7. The maximum atomic E-state index is 12.8. The molecule has 1 amide bonds. The largest absolute Gasteiger partial charge is 0.350 e. The van der Waals surface area contributed by atoms with E-state index in [1.165, 1.54) is 23.3 Å². The number of halogens is 2. The number of hydrogen-bond acceptors (Lipinski definition) is 4. The molecule has 0 fully saturated rings. The minimum Gasteiger partial charge on any atom is -0.350 e. The van der Waals surface area contributed by atoms with Crippen LogP contribution in [-0.2, 0) is 22.0 Å². The van der Waals surface area contributed by atoms with Gasteiger partial charge < -0.3 is 5.32 Å². The molecule has 1 heterocycles. The van der Waals surface area contributed by atoms with Gasteiger partial charge in [0.1, 0.15) is 10.6 Å². The Hall–Kier alpha value is -2.41. The Bertz CT molecular complexity index is 1210. The third-order valence-electron chi connectivity index (χ3n) is 4.79. The molecule has 0 aliphatic rings. The van der Waals surface area contributed by atoms with Crippen LogP contribution in [0.5, 0.6) is 0 Å². The fourth-order valence-corrected chi connectivity index (χ4v) is 5.79. The highest BCUT2D eigenvalue weighted by Gasteiger charge is 2.23. The van der Waals surface area contributed by atoms with Crippen LogP contribution in [0.15, 0.2) is 59.5 Å². The summed E-state index contributed by atoms with van der Waals surface area (Å²) >= 11 is 12.1. The van der Waals surface area contributed by atoms with Crippen LogP contribution in [-0.4, -0.2) is 25.9 Å². The molecule has 5 nitrogen and oxygen atoms in total. The lowest BCUT2D eigenvalue weighted by Gasteiger charge is -2.10. The predicted octanol–water partition coefficient (Wildman–Crippen LogP) is 4.95. The lowest BCUT2D eigenvalue weighted by molar-refractivity contribution is 0.0949. The molecule has 0 unspecified atom stereocenters. The van der Waals surface area contributed by atoms with Crippen LogP contribution in [0.2, 0.25) is 10.0 Å². The molecule has 162 valence electrons. The molecule has 2 aromatic carbocycles. The zero-order valence-electron chi connectivity index (χ0n) is 17.2. The molecule has 0 spiro atoms. The second-order valence-corrected chi connectivity index (χ2v) is 10.0. The molecule has 8 heteroatoms. The number of benzene rings is 2. The Labute approximate surface area is 192 Å². The van der Waals surface area contributed by atoms with E-state index in [1.807, 2.05) is 19.9 Å². The third-order valence-corrected chi connectivity index (χ3v) is 7.38. The second-order valence-electron chi connectivity index (χ2n) is 7.26. The van der Waals surface area contributed by atoms with Gasteiger partial charge in [0.2, 0.25) is 0 Å². The first-order chi connectivity index (χ1) is 14.7. The molecule has 0 atom stereocenters. The molecule has 31 heavy (non-hydrogen) atoms. The van der Waals surface area contributed by atoms with Gasteiger partial charge in [0.25, 0.3) is 5.91 Å². The number of hydrogen-bond donors (Lipinski definition) is 1. The number of carbonyl (C=O) groups is 1. The van der Waals surface area contributed by atoms with Crippen molar-refractivity contribution in [2.24, 2.45) is 0 Å². The molecule has 0 saturated heterocycles. The summed E-state index contributed by atoms with van der Waals surface area (Å²) in [6.45, 7) is 4.53. The zero-order valence-corrected chi connectivity index (χ0v) is 19.5. The fraction of sp³-hybridized carbons (Fsp3) is 0.217. The minimum absolute atomic E-state index is 0.0489. The predicted molar refractivity (Wildman–Crippen MR) is 124 cm³/mol. The summed E-state index contributed by atoms with van der Waals surface area (Å²) in [7, 11) is -3.84. The lowest BCUT2D eigenvalue weighted by atomic mass is 10.0. The second kappa shape index (κ2) is 9.81. The maximum absolute atomic E-state index is 12.8.